The number of benzene rings is 2. The standard InChI is InChI=1S/C24H28FN3O2/c1-30-23-9-5-4-8-22(23)27-14-16-28(17-15-27)24(29)19-10-12-26(13-11-19)18-20-6-2-3-7-21(20)25/h2-10H,11-18H2,1H3. The van der Waals surface area contributed by atoms with Crippen LogP contribution >= 0.6 is 0 Å². The van der Waals surface area contributed by atoms with Gasteiger partial charge < -0.3 is 14.5 Å². The second kappa shape index (κ2) is 9.30. The van der Waals surface area contributed by atoms with Gasteiger partial charge >= 0.3 is 0 Å². The molecule has 1 saturated heterocycles. The maximum atomic E-state index is 13.9. The van der Waals surface area contributed by atoms with E-state index in [4.69, 9.17) is 4.74 Å². The number of anilines is 1. The fourth-order valence-electron chi connectivity index (χ4n) is 4.16. The summed E-state index contributed by atoms with van der Waals surface area (Å²) in [5, 5.41) is 0. The zero-order valence-electron chi connectivity index (χ0n) is 17.4. The van der Waals surface area contributed by atoms with Gasteiger partial charge in [0.05, 0.1) is 12.8 Å². The zero-order chi connectivity index (χ0) is 20.9. The average molecular weight is 410 g/mol. The van der Waals surface area contributed by atoms with Gasteiger partial charge in [0.2, 0.25) is 5.91 Å². The number of carbonyl (C=O) groups is 1. The van der Waals surface area contributed by atoms with Gasteiger partial charge in [0.1, 0.15) is 11.6 Å². The highest BCUT2D eigenvalue weighted by atomic mass is 19.1. The number of hydrogen-bond donors (Lipinski definition) is 0. The van der Waals surface area contributed by atoms with E-state index >= 15 is 0 Å². The number of halogens is 1. The van der Waals surface area contributed by atoms with E-state index in [-0.39, 0.29) is 11.7 Å². The molecule has 0 saturated carbocycles. The normalized spacial score (nSPS) is 17.6. The van der Waals surface area contributed by atoms with E-state index in [1.165, 1.54) is 6.07 Å². The Balaban J connectivity index is 1.31. The molecular formula is C24H28FN3O2. The van der Waals surface area contributed by atoms with Gasteiger partial charge in [-0.3, -0.25) is 9.69 Å². The minimum absolute atomic E-state index is 0.139. The van der Waals surface area contributed by atoms with Gasteiger partial charge in [-0.15, -0.1) is 0 Å². The second-order valence-corrected chi connectivity index (χ2v) is 7.76. The summed E-state index contributed by atoms with van der Waals surface area (Å²) in [6.07, 6.45) is 2.72. The molecule has 0 spiro atoms. The number of piperazine rings is 1. The first-order valence-electron chi connectivity index (χ1n) is 10.5. The predicted octanol–water partition coefficient (Wildman–Crippen LogP) is 3.32. The lowest BCUT2D eigenvalue weighted by Crippen LogP contribution is -2.49. The SMILES string of the molecule is COc1ccccc1N1CCN(C(=O)C2=CCN(Cc3ccccc3F)CC2)CC1. The Morgan fingerprint density at radius 1 is 1.00 bits per heavy atom. The van der Waals surface area contributed by atoms with Crippen molar-refractivity contribution in [2.75, 3.05) is 51.3 Å². The maximum absolute atomic E-state index is 13.9. The average Bonchev–Trinajstić information content (AvgIpc) is 2.81. The van der Waals surface area contributed by atoms with E-state index in [0.717, 1.165) is 36.6 Å². The lowest BCUT2D eigenvalue weighted by atomic mass is 10.1. The zero-order valence-corrected chi connectivity index (χ0v) is 17.4. The Hall–Kier alpha value is -2.86. The number of carbonyl (C=O) groups excluding carboxylic acids is 1. The van der Waals surface area contributed by atoms with E-state index in [0.29, 0.717) is 38.2 Å². The minimum Gasteiger partial charge on any atom is -0.495 e. The van der Waals surface area contributed by atoms with E-state index in [1.54, 1.807) is 13.2 Å². The van der Waals surface area contributed by atoms with Gasteiger partial charge in [-0.05, 0) is 24.6 Å². The summed E-state index contributed by atoms with van der Waals surface area (Å²) in [5.74, 6) is 0.832. The van der Waals surface area contributed by atoms with Crippen molar-refractivity contribution >= 4 is 11.6 Å². The first-order valence-corrected chi connectivity index (χ1v) is 10.5. The van der Waals surface area contributed by atoms with Crippen LogP contribution in [-0.2, 0) is 11.3 Å². The van der Waals surface area contributed by atoms with Crippen LogP contribution in [0.2, 0.25) is 0 Å². The summed E-state index contributed by atoms with van der Waals surface area (Å²) in [7, 11) is 1.68. The van der Waals surface area contributed by atoms with Crippen molar-refractivity contribution in [2.24, 2.45) is 0 Å². The van der Waals surface area contributed by atoms with Crippen LogP contribution in [0.1, 0.15) is 12.0 Å². The number of hydrogen-bond acceptors (Lipinski definition) is 4. The van der Waals surface area contributed by atoms with E-state index < -0.39 is 0 Å². The van der Waals surface area contributed by atoms with E-state index in [9.17, 15) is 9.18 Å². The highest BCUT2D eigenvalue weighted by molar-refractivity contribution is 5.93. The molecule has 2 aliphatic rings. The molecule has 0 aliphatic carbocycles. The third-order valence-electron chi connectivity index (χ3n) is 5.91. The van der Waals surface area contributed by atoms with Crippen molar-refractivity contribution < 1.29 is 13.9 Å². The molecular weight excluding hydrogens is 381 g/mol. The highest BCUT2D eigenvalue weighted by Gasteiger charge is 2.26. The molecule has 2 heterocycles. The van der Waals surface area contributed by atoms with Crippen LogP contribution in [0.4, 0.5) is 10.1 Å². The molecule has 30 heavy (non-hydrogen) atoms. The Kier molecular flexibility index (Phi) is 6.33. The molecule has 1 fully saturated rings. The maximum Gasteiger partial charge on any atom is 0.249 e. The number of ether oxygens (including phenoxy) is 1. The molecule has 2 aliphatic heterocycles. The molecule has 0 atom stereocenters. The topological polar surface area (TPSA) is 36.0 Å². The van der Waals surface area contributed by atoms with Crippen LogP contribution in [0.25, 0.3) is 0 Å². The first kappa shape index (κ1) is 20.4. The lowest BCUT2D eigenvalue weighted by molar-refractivity contribution is -0.127. The third-order valence-corrected chi connectivity index (χ3v) is 5.91. The Bertz CT molecular complexity index is 922. The van der Waals surface area contributed by atoms with Crippen molar-refractivity contribution in [2.45, 2.75) is 13.0 Å². The van der Waals surface area contributed by atoms with Gasteiger partial charge in [-0.2, -0.15) is 0 Å². The highest BCUT2D eigenvalue weighted by Crippen LogP contribution is 2.28. The molecule has 0 radical (unpaired) electrons. The third kappa shape index (κ3) is 4.49. The fraction of sp³-hybridized carbons (Fsp3) is 0.375. The largest absolute Gasteiger partial charge is 0.495 e. The number of rotatable bonds is 5. The Labute approximate surface area is 177 Å². The van der Waals surface area contributed by atoms with Crippen LogP contribution < -0.4 is 9.64 Å². The summed E-state index contributed by atoms with van der Waals surface area (Å²) in [4.78, 5) is 19.4. The molecule has 2 aromatic carbocycles. The number of nitrogens with zero attached hydrogens (tertiary/aromatic N) is 3. The lowest BCUT2D eigenvalue weighted by Gasteiger charge is -2.37. The van der Waals surface area contributed by atoms with Crippen molar-refractivity contribution in [3.63, 3.8) is 0 Å². The van der Waals surface area contributed by atoms with Crippen molar-refractivity contribution in [1.29, 1.82) is 0 Å². The number of amides is 1. The molecule has 0 N–H and O–H groups in total. The molecule has 4 rings (SSSR count). The van der Waals surface area contributed by atoms with E-state index in [1.807, 2.05) is 41.3 Å². The van der Waals surface area contributed by atoms with Gasteiger partial charge in [-0.25, -0.2) is 4.39 Å². The number of para-hydroxylation sites is 2. The van der Waals surface area contributed by atoms with Crippen molar-refractivity contribution in [1.82, 2.24) is 9.80 Å². The first-order chi connectivity index (χ1) is 14.7. The van der Waals surface area contributed by atoms with Crippen LogP contribution in [0.3, 0.4) is 0 Å². The molecule has 158 valence electrons. The van der Waals surface area contributed by atoms with Crippen LogP contribution in [-0.4, -0.2) is 62.1 Å². The summed E-state index contributed by atoms with van der Waals surface area (Å²) in [6.45, 7) is 5.00. The summed E-state index contributed by atoms with van der Waals surface area (Å²) < 4.78 is 19.3. The number of methoxy groups -OCH3 is 1. The molecule has 1 amide bonds. The Morgan fingerprint density at radius 2 is 1.73 bits per heavy atom. The molecule has 0 aromatic heterocycles. The van der Waals surface area contributed by atoms with Crippen molar-refractivity contribution in [3.8, 4) is 5.75 Å². The minimum atomic E-state index is -0.170. The Morgan fingerprint density at radius 3 is 2.43 bits per heavy atom. The van der Waals surface area contributed by atoms with Gasteiger partial charge in [0, 0.05) is 56.9 Å². The molecule has 5 nitrogen and oxygen atoms in total. The molecule has 6 heteroatoms. The van der Waals surface area contributed by atoms with Gasteiger partial charge in [-0.1, -0.05) is 36.4 Å². The van der Waals surface area contributed by atoms with E-state index in [2.05, 4.69) is 15.9 Å². The monoisotopic (exact) mass is 409 g/mol. The summed E-state index contributed by atoms with van der Waals surface area (Å²) >= 11 is 0. The quantitative estimate of drug-likeness (QED) is 0.759. The van der Waals surface area contributed by atoms with Crippen molar-refractivity contribution in [3.05, 3.63) is 71.6 Å². The molecule has 0 bridgehead atoms. The van der Waals surface area contributed by atoms with Crippen LogP contribution in [0.5, 0.6) is 5.75 Å². The van der Waals surface area contributed by atoms with Gasteiger partial charge in [0.25, 0.3) is 0 Å². The second-order valence-electron chi connectivity index (χ2n) is 7.76. The fourth-order valence-corrected chi connectivity index (χ4v) is 4.16. The van der Waals surface area contributed by atoms with Gasteiger partial charge in [0.15, 0.2) is 0 Å². The smallest absolute Gasteiger partial charge is 0.249 e. The van der Waals surface area contributed by atoms with Crippen LogP contribution in [0, 0.1) is 5.82 Å². The van der Waals surface area contributed by atoms with Crippen LogP contribution in [0.15, 0.2) is 60.2 Å². The molecule has 0 unspecified atom stereocenters. The summed E-state index contributed by atoms with van der Waals surface area (Å²) in [5.41, 5.74) is 2.66. The summed E-state index contributed by atoms with van der Waals surface area (Å²) in [6, 6.07) is 14.9. The predicted molar refractivity (Wildman–Crippen MR) is 116 cm³/mol. The molecule has 2 aromatic rings.